The minimum atomic E-state index is -1.08. The number of likely N-dealkylation sites (N-methyl/N-ethyl adjacent to an activating group) is 1. The van der Waals surface area contributed by atoms with Gasteiger partial charge in [-0.15, -0.1) is 0 Å². The van der Waals surface area contributed by atoms with E-state index in [1.165, 1.54) is 24.0 Å². The number of hydrogen-bond acceptors (Lipinski definition) is 13. The molecule has 0 bridgehead atoms. The van der Waals surface area contributed by atoms with E-state index in [9.17, 15) is 44.0 Å². The minimum Gasteiger partial charge on any atom is -0.422 e. The number of benzene rings is 2. The molecule has 2 heterocycles. The third-order valence-corrected chi connectivity index (χ3v) is 9.75. The highest BCUT2D eigenvalue weighted by molar-refractivity contribution is 6.35. The first-order chi connectivity index (χ1) is 25.4. The number of esters is 4. The predicted molar refractivity (Wildman–Crippen MR) is 198 cm³/mol. The first-order valence-corrected chi connectivity index (χ1v) is 18.1. The number of hydrogen-bond donors (Lipinski definition) is 1. The summed E-state index contributed by atoms with van der Waals surface area (Å²) in [5, 5.41) is 21.2. The van der Waals surface area contributed by atoms with Crippen LogP contribution in [0, 0.1) is 32.8 Å². The Labute approximate surface area is 323 Å². The highest BCUT2D eigenvalue weighted by Crippen LogP contribution is 2.48. The highest BCUT2D eigenvalue weighted by Gasteiger charge is 2.60. The number of nitrogens with zero attached hydrogens (tertiary/aromatic N) is 3. The molecule has 2 aliphatic heterocycles. The number of ketones is 1. The van der Waals surface area contributed by atoms with Crippen LogP contribution in [-0.2, 0) is 23.9 Å². The molecule has 2 aromatic rings. The number of Topliss-reactive ketones (excluding diaryl/α,β-unsaturated/α-hetero) is 1. The van der Waals surface area contributed by atoms with Gasteiger partial charge < -0.3 is 29.1 Å². The van der Waals surface area contributed by atoms with Crippen LogP contribution >= 0.6 is 11.6 Å². The number of aliphatic hydroxyl groups is 1. The highest BCUT2D eigenvalue weighted by atomic mass is 35.5. The molecule has 0 radical (unpaired) electrons. The quantitative estimate of drug-likeness (QED) is 0.0505. The van der Waals surface area contributed by atoms with Gasteiger partial charge in [0.1, 0.15) is 5.70 Å². The molecule has 1 saturated heterocycles. The molecular weight excluding hydrogens is 738 g/mol. The van der Waals surface area contributed by atoms with E-state index in [1.807, 2.05) is 4.90 Å². The van der Waals surface area contributed by atoms with Gasteiger partial charge in [0.15, 0.2) is 17.3 Å². The van der Waals surface area contributed by atoms with Crippen LogP contribution in [0.3, 0.4) is 0 Å². The third kappa shape index (κ3) is 9.28. The lowest BCUT2D eigenvalue weighted by Gasteiger charge is -2.46. The number of carbonyl (C=O) groups excluding carboxylic acids is 6. The van der Waals surface area contributed by atoms with Crippen molar-refractivity contribution in [3.8, 4) is 11.5 Å². The molecule has 0 saturated carbocycles. The molecule has 15 nitrogen and oxygen atoms in total. The zero-order valence-corrected chi connectivity index (χ0v) is 33.0. The number of halogens is 1. The summed E-state index contributed by atoms with van der Waals surface area (Å²) in [5.41, 5.74) is -1.76. The molecule has 1 amide bonds. The molecule has 296 valence electrons. The predicted octanol–water partition coefficient (Wildman–Crippen LogP) is 5.54. The number of rotatable bonds is 13. The van der Waals surface area contributed by atoms with Gasteiger partial charge in [-0.25, -0.2) is 9.59 Å². The van der Waals surface area contributed by atoms with Crippen molar-refractivity contribution in [2.75, 3.05) is 20.1 Å². The maximum atomic E-state index is 13.5. The van der Waals surface area contributed by atoms with Gasteiger partial charge in [-0.3, -0.25) is 29.3 Å². The number of β-lactam (4-membered cyclic amide) rings is 1. The standard InChI is InChI=1S/C39H46ClN3O12/c1-20-25(31(42-30(20)28(21(2)44)33(42)46)35(48)55-34(47)22-12-14-23(15-13-22)43(51)52)19-41(9)18-10-11-26(45)24-16-17-27(53-36(49)38(3,4)5)32(29(24)40)54-37(50)39(6,7)8/h12-17,20-21,28,30,44H,10-11,18-19H2,1-9H3/t20-,21+,28+,30+/m0/s1. The van der Waals surface area contributed by atoms with Crippen molar-refractivity contribution >= 4 is 52.9 Å². The Hall–Kier alpha value is -4.99. The number of nitro benzene ring substituents is 1. The molecule has 16 heteroatoms. The zero-order valence-electron chi connectivity index (χ0n) is 32.3. The first kappa shape index (κ1) is 42.7. The van der Waals surface area contributed by atoms with Crippen molar-refractivity contribution in [3.63, 3.8) is 0 Å². The van der Waals surface area contributed by atoms with Crippen LogP contribution in [0.2, 0.25) is 5.02 Å². The normalized spacial score (nSPS) is 18.7. The Balaban J connectivity index is 1.51. The SMILES string of the molecule is C[C@@H](O)[C@H]1C(=O)N2C(C(=O)OC(=O)c3ccc([N+](=O)[O-])cc3)=C(CN(C)CCCC(=O)c3ccc(OC(=O)C(C)(C)C)c(OC(=O)C(C)(C)C)c3Cl)[C@H](C)[C@H]12. The molecular formula is C39H46ClN3O12. The molecule has 0 aromatic heterocycles. The summed E-state index contributed by atoms with van der Waals surface area (Å²) in [7, 11) is 1.74. The Morgan fingerprint density at radius 2 is 1.55 bits per heavy atom. The van der Waals surface area contributed by atoms with E-state index in [1.54, 1.807) is 55.5 Å². The number of ether oxygens (including phenoxy) is 3. The Bertz CT molecular complexity index is 1940. The van der Waals surface area contributed by atoms with E-state index in [4.69, 9.17) is 25.8 Å². The van der Waals surface area contributed by atoms with Gasteiger partial charge in [0.05, 0.1) is 44.4 Å². The van der Waals surface area contributed by atoms with Gasteiger partial charge in [-0.1, -0.05) is 18.5 Å². The van der Waals surface area contributed by atoms with Crippen molar-refractivity contribution in [3.05, 3.63) is 73.9 Å². The molecule has 4 atom stereocenters. The third-order valence-electron chi connectivity index (χ3n) is 9.38. The summed E-state index contributed by atoms with van der Waals surface area (Å²) in [6.07, 6.45) is -0.684. The monoisotopic (exact) mass is 783 g/mol. The van der Waals surface area contributed by atoms with Gasteiger partial charge in [-0.05, 0) is 98.3 Å². The van der Waals surface area contributed by atoms with E-state index in [2.05, 4.69) is 0 Å². The van der Waals surface area contributed by atoms with E-state index < -0.39 is 69.5 Å². The maximum absolute atomic E-state index is 13.5. The van der Waals surface area contributed by atoms with Crippen molar-refractivity contribution in [1.29, 1.82) is 0 Å². The number of fused-ring (bicyclic) bond motifs is 1. The molecule has 0 spiro atoms. The van der Waals surface area contributed by atoms with Crippen molar-refractivity contribution in [1.82, 2.24) is 9.80 Å². The molecule has 1 fully saturated rings. The molecule has 4 rings (SSSR count). The number of carbonyl (C=O) groups is 6. The smallest absolute Gasteiger partial charge is 0.362 e. The number of non-ortho nitro benzene ring substituents is 1. The van der Waals surface area contributed by atoms with Gasteiger partial charge in [0.25, 0.3) is 5.69 Å². The summed E-state index contributed by atoms with van der Waals surface area (Å²) in [6.45, 7) is 13.6. The molecule has 2 aliphatic rings. The van der Waals surface area contributed by atoms with Crippen molar-refractivity contribution in [2.24, 2.45) is 22.7 Å². The summed E-state index contributed by atoms with van der Waals surface area (Å²) < 4.78 is 16.2. The van der Waals surface area contributed by atoms with Crippen LogP contribution in [0.1, 0.15) is 88.9 Å². The van der Waals surface area contributed by atoms with Crippen LogP contribution in [0.25, 0.3) is 0 Å². The summed E-state index contributed by atoms with van der Waals surface area (Å²) in [6, 6.07) is 6.70. The van der Waals surface area contributed by atoms with Crippen LogP contribution < -0.4 is 9.47 Å². The molecule has 1 N–H and O–H groups in total. The van der Waals surface area contributed by atoms with E-state index in [0.717, 1.165) is 24.3 Å². The Kier molecular flexibility index (Phi) is 12.7. The maximum Gasteiger partial charge on any atom is 0.362 e. The topological polar surface area (TPSA) is 200 Å². The summed E-state index contributed by atoms with van der Waals surface area (Å²) >= 11 is 6.64. The number of aliphatic hydroxyl groups excluding tert-OH is 1. The molecule has 0 unspecified atom stereocenters. The zero-order chi connectivity index (χ0) is 41.3. The Morgan fingerprint density at radius 1 is 0.964 bits per heavy atom. The fourth-order valence-electron chi connectivity index (χ4n) is 6.20. The summed E-state index contributed by atoms with van der Waals surface area (Å²) in [4.78, 5) is 91.9. The fourth-order valence-corrected chi connectivity index (χ4v) is 6.50. The van der Waals surface area contributed by atoms with E-state index in [0.29, 0.717) is 18.5 Å². The van der Waals surface area contributed by atoms with Crippen LogP contribution in [0.15, 0.2) is 47.7 Å². The number of nitro groups is 1. The second kappa shape index (κ2) is 16.4. The molecule has 0 aliphatic carbocycles. The lowest BCUT2D eigenvalue weighted by atomic mass is 9.77. The average molecular weight is 784 g/mol. The number of amides is 1. The summed E-state index contributed by atoms with van der Waals surface area (Å²) in [5.74, 6) is -5.81. The van der Waals surface area contributed by atoms with Crippen molar-refractivity contribution < 1.29 is 53.0 Å². The molecule has 55 heavy (non-hydrogen) atoms. The lowest BCUT2D eigenvalue weighted by Crippen LogP contribution is -2.63. The Morgan fingerprint density at radius 3 is 2.09 bits per heavy atom. The van der Waals surface area contributed by atoms with Gasteiger partial charge in [-0.2, -0.15) is 0 Å². The first-order valence-electron chi connectivity index (χ1n) is 17.7. The van der Waals surface area contributed by atoms with Gasteiger partial charge >= 0.3 is 23.9 Å². The average Bonchev–Trinajstić information content (AvgIpc) is 3.32. The van der Waals surface area contributed by atoms with Crippen molar-refractivity contribution in [2.45, 2.75) is 80.4 Å². The van der Waals surface area contributed by atoms with Crippen LogP contribution in [0.4, 0.5) is 5.69 Å². The largest absolute Gasteiger partial charge is 0.422 e. The van der Waals surface area contributed by atoms with Crippen LogP contribution in [-0.4, -0.2) is 87.7 Å². The fraction of sp³-hybridized carbons (Fsp3) is 0.487. The lowest BCUT2D eigenvalue weighted by molar-refractivity contribution is -0.384. The second-order valence-electron chi connectivity index (χ2n) is 15.9. The van der Waals surface area contributed by atoms with Crippen LogP contribution in [0.5, 0.6) is 11.5 Å². The van der Waals surface area contributed by atoms with E-state index >= 15 is 0 Å². The minimum absolute atomic E-state index is 0.00240. The van der Waals surface area contributed by atoms with E-state index in [-0.39, 0.29) is 57.8 Å². The van der Waals surface area contributed by atoms with Gasteiger partial charge in [0.2, 0.25) is 5.91 Å². The second-order valence-corrected chi connectivity index (χ2v) is 16.3. The molecule has 2 aromatic carbocycles. The van der Waals surface area contributed by atoms with Gasteiger partial charge in [0, 0.05) is 36.6 Å².